The topological polar surface area (TPSA) is 111 Å². The average Bonchev–Trinajstić information content (AvgIpc) is 2.86. The van der Waals surface area contributed by atoms with Crippen LogP contribution in [0.5, 0.6) is 11.5 Å². The van der Waals surface area contributed by atoms with Gasteiger partial charge in [0, 0.05) is 32.7 Å². The standard InChI is InChI=1S/C26H27N3O5/c30-24-9-7-20(34-15-14-29-12-10-27-11-13-29)17-22(24)25(31)28-23-16-19(6-8-21(23)26(32)33)18-4-2-1-3-5-18/h1-9,16-17,27,30H,10-15H2,(H,28,31)(H,32,33). The Balaban J connectivity index is 1.50. The zero-order chi connectivity index (χ0) is 23.9. The fourth-order valence-electron chi connectivity index (χ4n) is 3.85. The van der Waals surface area contributed by atoms with Crippen molar-refractivity contribution in [2.75, 3.05) is 44.6 Å². The maximum Gasteiger partial charge on any atom is 0.337 e. The molecule has 0 unspecified atom stereocenters. The van der Waals surface area contributed by atoms with Crippen LogP contribution >= 0.6 is 0 Å². The molecule has 0 aromatic heterocycles. The number of aromatic carboxylic acids is 1. The Morgan fingerprint density at radius 1 is 0.941 bits per heavy atom. The zero-order valence-electron chi connectivity index (χ0n) is 18.7. The van der Waals surface area contributed by atoms with Gasteiger partial charge in [-0.05, 0) is 41.5 Å². The maximum absolute atomic E-state index is 13.0. The van der Waals surface area contributed by atoms with Crippen LogP contribution in [0.25, 0.3) is 11.1 Å². The van der Waals surface area contributed by atoms with E-state index in [1.54, 1.807) is 18.2 Å². The van der Waals surface area contributed by atoms with Gasteiger partial charge in [-0.2, -0.15) is 0 Å². The predicted molar refractivity (Wildman–Crippen MR) is 130 cm³/mol. The Bertz CT molecular complexity index is 1160. The van der Waals surface area contributed by atoms with Gasteiger partial charge in [0.25, 0.3) is 5.91 Å². The number of phenolic OH excluding ortho intramolecular Hbond substituents is 1. The third-order valence-corrected chi connectivity index (χ3v) is 5.70. The molecule has 176 valence electrons. The number of rotatable bonds is 8. The van der Waals surface area contributed by atoms with E-state index in [1.165, 1.54) is 18.2 Å². The van der Waals surface area contributed by atoms with E-state index >= 15 is 0 Å². The van der Waals surface area contributed by atoms with Crippen LogP contribution in [0.1, 0.15) is 20.7 Å². The number of nitrogens with zero attached hydrogens (tertiary/aromatic N) is 1. The number of phenols is 1. The maximum atomic E-state index is 13.0. The van der Waals surface area contributed by atoms with Crippen LogP contribution in [0.15, 0.2) is 66.7 Å². The Labute approximate surface area is 197 Å². The number of ether oxygens (including phenoxy) is 1. The second-order valence-electron chi connectivity index (χ2n) is 8.00. The van der Waals surface area contributed by atoms with Gasteiger partial charge >= 0.3 is 5.97 Å². The van der Waals surface area contributed by atoms with E-state index in [0.29, 0.717) is 12.4 Å². The molecule has 0 aliphatic carbocycles. The first-order chi connectivity index (χ1) is 16.5. The van der Waals surface area contributed by atoms with E-state index in [9.17, 15) is 19.8 Å². The fraction of sp³-hybridized carbons (Fsp3) is 0.231. The van der Waals surface area contributed by atoms with Gasteiger partial charge in [0.2, 0.25) is 0 Å². The largest absolute Gasteiger partial charge is 0.507 e. The van der Waals surface area contributed by atoms with Gasteiger partial charge in [-0.3, -0.25) is 9.69 Å². The SMILES string of the molecule is O=C(Nc1cc(-c2ccccc2)ccc1C(=O)O)c1cc(OCCN2CCNCC2)ccc1O. The molecule has 4 rings (SSSR count). The molecular weight excluding hydrogens is 434 g/mol. The number of hydrogen-bond donors (Lipinski definition) is 4. The summed E-state index contributed by atoms with van der Waals surface area (Å²) in [4.78, 5) is 27.0. The summed E-state index contributed by atoms with van der Waals surface area (Å²) >= 11 is 0. The van der Waals surface area contributed by atoms with Gasteiger partial charge in [-0.25, -0.2) is 4.79 Å². The number of carboxylic acid groups (broad SMARTS) is 1. The predicted octanol–water partition coefficient (Wildman–Crippen LogP) is 3.29. The van der Waals surface area contributed by atoms with Crippen LogP contribution in [0.2, 0.25) is 0 Å². The first-order valence-electron chi connectivity index (χ1n) is 11.1. The van der Waals surface area contributed by atoms with Crippen LogP contribution in [-0.2, 0) is 0 Å². The van der Waals surface area contributed by atoms with Crippen molar-refractivity contribution in [2.45, 2.75) is 0 Å². The van der Waals surface area contributed by atoms with Crippen molar-refractivity contribution in [1.82, 2.24) is 10.2 Å². The minimum atomic E-state index is -1.16. The molecule has 8 heteroatoms. The number of piperazine rings is 1. The number of nitrogens with one attached hydrogen (secondary N) is 2. The Morgan fingerprint density at radius 2 is 1.71 bits per heavy atom. The summed E-state index contributed by atoms with van der Waals surface area (Å²) < 4.78 is 5.80. The molecule has 0 bridgehead atoms. The minimum absolute atomic E-state index is 0.00104. The summed E-state index contributed by atoms with van der Waals surface area (Å²) in [6.45, 7) is 5.04. The zero-order valence-corrected chi connectivity index (χ0v) is 18.7. The number of amides is 1. The average molecular weight is 462 g/mol. The number of carbonyl (C=O) groups is 2. The Hall–Kier alpha value is -3.88. The van der Waals surface area contributed by atoms with E-state index in [0.717, 1.165) is 43.9 Å². The lowest BCUT2D eigenvalue weighted by Gasteiger charge is -2.26. The Morgan fingerprint density at radius 3 is 2.44 bits per heavy atom. The molecule has 3 aromatic carbocycles. The lowest BCUT2D eigenvalue weighted by molar-refractivity contribution is 0.0698. The highest BCUT2D eigenvalue weighted by atomic mass is 16.5. The summed E-state index contributed by atoms with van der Waals surface area (Å²) in [6, 6.07) is 18.7. The second kappa shape index (κ2) is 10.8. The number of benzene rings is 3. The van der Waals surface area contributed by atoms with Crippen LogP contribution < -0.4 is 15.4 Å². The highest BCUT2D eigenvalue weighted by Gasteiger charge is 2.18. The van der Waals surface area contributed by atoms with E-state index in [1.807, 2.05) is 30.3 Å². The van der Waals surface area contributed by atoms with Crippen molar-refractivity contribution in [3.8, 4) is 22.6 Å². The second-order valence-corrected chi connectivity index (χ2v) is 8.00. The quantitative estimate of drug-likeness (QED) is 0.407. The van der Waals surface area contributed by atoms with Gasteiger partial charge in [-0.15, -0.1) is 0 Å². The highest BCUT2D eigenvalue weighted by Crippen LogP contribution is 2.28. The van der Waals surface area contributed by atoms with E-state index in [2.05, 4.69) is 15.5 Å². The van der Waals surface area contributed by atoms with Crippen molar-refractivity contribution < 1.29 is 24.5 Å². The lowest BCUT2D eigenvalue weighted by Crippen LogP contribution is -2.44. The molecule has 34 heavy (non-hydrogen) atoms. The van der Waals surface area contributed by atoms with Crippen molar-refractivity contribution in [1.29, 1.82) is 0 Å². The summed E-state index contributed by atoms with van der Waals surface area (Å²) in [5.74, 6) is -1.56. The number of anilines is 1. The summed E-state index contributed by atoms with van der Waals surface area (Å²) in [5.41, 5.74) is 1.74. The van der Waals surface area contributed by atoms with Gasteiger partial charge in [-0.1, -0.05) is 36.4 Å². The van der Waals surface area contributed by atoms with Crippen molar-refractivity contribution in [2.24, 2.45) is 0 Å². The van der Waals surface area contributed by atoms with Crippen LogP contribution in [0, 0.1) is 0 Å². The molecule has 8 nitrogen and oxygen atoms in total. The number of aromatic hydroxyl groups is 1. The highest BCUT2D eigenvalue weighted by molar-refractivity contribution is 6.09. The molecule has 1 heterocycles. The van der Waals surface area contributed by atoms with E-state index in [4.69, 9.17) is 4.74 Å². The van der Waals surface area contributed by atoms with Gasteiger partial charge in [0.1, 0.15) is 18.1 Å². The summed E-state index contributed by atoms with van der Waals surface area (Å²) in [7, 11) is 0. The minimum Gasteiger partial charge on any atom is -0.507 e. The molecule has 0 saturated carbocycles. The van der Waals surface area contributed by atoms with Gasteiger partial charge in [0.05, 0.1) is 16.8 Å². The van der Waals surface area contributed by atoms with E-state index < -0.39 is 11.9 Å². The number of carbonyl (C=O) groups excluding carboxylic acids is 1. The van der Waals surface area contributed by atoms with Gasteiger partial charge in [0.15, 0.2) is 0 Å². The van der Waals surface area contributed by atoms with Crippen LogP contribution in [0.3, 0.4) is 0 Å². The first-order valence-corrected chi connectivity index (χ1v) is 11.1. The molecule has 0 radical (unpaired) electrons. The van der Waals surface area contributed by atoms with Crippen molar-refractivity contribution in [3.63, 3.8) is 0 Å². The molecule has 1 amide bonds. The molecule has 4 N–H and O–H groups in total. The molecule has 1 aliphatic heterocycles. The first kappa shape index (κ1) is 23.3. The van der Waals surface area contributed by atoms with Crippen LogP contribution in [-0.4, -0.2) is 66.3 Å². The fourth-order valence-corrected chi connectivity index (χ4v) is 3.85. The molecule has 1 fully saturated rings. The molecule has 1 aliphatic rings. The molecule has 0 atom stereocenters. The normalized spacial score (nSPS) is 13.9. The monoisotopic (exact) mass is 461 g/mol. The molecular formula is C26H27N3O5. The van der Waals surface area contributed by atoms with Crippen molar-refractivity contribution in [3.05, 3.63) is 77.9 Å². The number of carboxylic acids is 1. The van der Waals surface area contributed by atoms with Gasteiger partial charge < -0.3 is 25.6 Å². The third kappa shape index (κ3) is 5.72. The lowest BCUT2D eigenvalue weighted by atomic mass is 10.0. The van der Waals surface area contributed by atoms with Crippen molar-refractivity contribution >= 4 is 17.6 Å². The molecule has 1 saturated heterocycles. The summed E-state index contributed by atoms with van der Waals surface area (Å²) in [6.07, 6.45) is 0. The third-order valence-electron chi connectivity index (χ3n) is 5.70. The Kier molecular flexibility index (Phi) is 7.41. The summed E-state index contributed by atoms with van der Waals surface area (Å²) in [5, 5.41) is 25.8. The van der Waals surface area contributed by atoms with E-state index in [-0.39, 0.29) is 22.6 Å². The molecule has 0 spiro atoms. The van der Waals surface area contributed by atoms with Crippen LogP contribution in [0.4, 0.5) is 5.69 Å². The smallest absolute Gasteiger partial charge is 0.337 e. The number of hydrogen-bond acceptors (Lipinski definition) is 6. The molecule has 3 aromatic rings.